The minimum Gasteiger partial charge on any atom is -0.461 e. The molecule has 0 saturated carbocycles. The summed E-state index contributed by atoms with van der Waals surface area (Å²) in [5.41, 5.74) is 0.372. The van der Waals surface area contributed by atoms with Crippen LogP contribution in [-0.4, -0.2) is 54.5 Å². The third-order valence-electron chi connectivity index (χ3n) is 2.42. The second-order valence-corrected chi connectivity index (χ2v) is 4.75. The van der Waals surface area contributed by atoms with Crippen LogP contribution >= 0.6 is 27.5 Å². The molecule has 0 aromatic carbocycles. The van der Waals surface area contributed by atoms with Crippen LogP contribution in [0.5, 0.6) is 0 Å². The van der Waals surface area contributed by atoms with Crippen molar-refractivity contribution in [1.82, 2.24) is 5.01 Å². The van der Waals surface area contributed by atoms with Gasteiger partial charge >= 0.3 is 11.9 Å². The van der Waals surface area contributed by atoms with Gasteiger partial charge in [-0.05, 0) is 13.8 Å². The summed E-state index contributed by atoms with van der Waals surface area (Å²) in [5, 5.41) is 5.43. The second-order valence-electron chi connectivity index (χ2n) is 3.82. The van der Waals surface area contributed by atoms with E-state index in [1.807, 2.05) is 0 Å². The minimum atomic E-state index is -0.942. The van der Waals surface area contributed by atoms with Gasteiger partial charge in [-0.2, -0.15) is 5.10 Å². The molecule has 0 aliphatic carbocycles. The lowest BCUT2D eigenvalue weighted by Gasteiger charge is -2.20. The summed E-state index contributed by atoms with van der Waals surface area (Å²) < 4.78 is 15.1. The van der Waals surface area contributed by atoms with E-state index in [-0.39, 0.29) is 28.4 Å². The zero-order valence-corrected chi connectivity index (χ0v) is 14.2. The van der Waals surface area contributed by atoms with Crippen molar-refractivity contribution >= 4 is 45.2 Å². The van der Waals surface area contributed by atoms with Crippen molar-refractivity contribution in [2.24, 2.45) is 5.10 Å². The molecule has 0 aromatic rings. The van der Waals surface area contributed by atoms with Crippen LogP contribution in [0.2, 0.25) is 0 Å². The Balaban J connectivity index is 3.01. The number of halogens is 2. The Morgan fingerprint density at radius 2 is 2.14 bits per heavy atom. The molecule has 1 heterocycles. The summed E-state index contributed by atoms with van der Waals surface area (Å²) >= 11 is 9.07. The number of rotatable bonds is 7. The molecule has 0 amide bonds. The summed E-state index contributed by atoms with van der Waals surface area (Å²) in [5.74, 6) is -1.25. The predicted octanol–water partition coefficient (Wildman–Crippen LogP) is 1.60. The smallest absolute Gasteiger partial charge is 0.355 e. The van der Waals surface area contributed by atoms with Crippen LogP contribution in [0.4, 0.5) is 0 Å². The van der Waals surface area contributed by atoms with Crippen LogP contribution in [0.15, 0.2) is 15.8 Å². The van der Waals surface area contributed by atoms with E-state index in [4.69, 9.17) is 25.8 Å². The summed E-state index contributed by atoms with van der Waals surface area (Å²) in [6.07, 6.45) is -0.942. The van der Waals surface area contributed by atoms with Crippen molar-refractivity contribution in [2.45, 2.75) is 20.1 Å². The third kappa shape index (κ3) is 4.42. The van der Waals surface area contributed by atoms with E-state index in [1.165, 1.54) is 12.1 Å². The summed E-state index contributed by atoms with van der Waals surface area (Å²) in [7, 11) is 1.54. The number of hydrogen-bond acceptors (Lipinski definition) is 7. The molecule has 21 heavy (non-hydrogen) atoms. The van der Waals surface area contributed by atoms with E-state index < -0.39 is 18.2 Å². The van der Waals surface area contributed by atoms with Gasteiger partial charge in [0, 0.05) is 13.7 Å². The van der Waals surface area contributed by atoms with Gasteiger partial charge in [0.25, 0.3) is 0 Å². The van der Waals surface area contributed by atoms with Crippen LogP contribution < -0.4 is 0 Å². The maximum atomic E-state index is 11.7. The molecule has 0 fully saturated rings. The summed E-state index contributed by atoms with van der Waals surface area (Å²) in [6, 6.07) is 0. The molecule has 0 radical (unpaired) electrons. The standard InChI is InChI=1S/C12H16BrClN2O5/c1-4-19-10(17)7(6-13)15-16(3)9-8(14)11(18)21-12(9)20-5-2/h12H,4-6H2,1-3H3/b15-7+. The van der Waals surface area contributed by atoms with Gasteiger partial charge in [0.1, 0.15) is 5.70 Å². The summed E-state index contributed by atoms with van der Waals surface area (Å²) in [4.78, 5) is 23.2. The van der Waals surface area contributed by atoms with E-state index in [0.29, 0.717) is 6.61 Å². The third-order valence-corrected chi connectivity index (χ3v) is 3.30. The molecule has 0 N–H and O–H groups in total. The molecule has 1 aliphatic rings. The zero-order chi connectivity index (χ0) is 16.0. The number of cyclic esters (lactones) is 1. The molecular formula is C12H16BrClN2O5. The molecule has 0 saturated heterocycles. The first-order valence-corrected chi connectivity index (χ1v) is 7.72. The molecule has 1 aliphatic heterocycles. The number of carbonyl (C=O) groups excluding carboxylic acids is 2. The Labute approximate surface area is 136 Å². The fourth-order valence-electron chi connectivity index (χ4n) is 1.54. The fourth-order valence-corrected chi connectivity index (χ4v) is 2.14. The van der Waals surface area contributed by atoms with Crippen molar-refractivity contribution < 1.29 is 23.8 Å². The molecule has 1 rings (SSSR count). The average molecular weight is 384 g/mol. The van der Waals surface area contributed by atoms with Crippen molar-refractivity contribution in [3.8, 4) is 0 Å². The van der Waals surface area contributed by atoms with Gasteiger partial charge in [-0.15, -0.1) is 0 Å². The van der Waals surface area contributed by atoms with E-state index in [0.717, 1.165) is 0 Å². The van der Waals surface area contributed by atoms with Gasteiger partial charge in [-0.3, -0.25) is 5.01 Å². The maximum Gasteiger partial charge on any atom is 0.355 e. The van der Waals surface area contributed by atoms with Crippen LogP contribution in [0.1, 0.15) is 13.8 Å². The largest absolute Gasteiger partial charge is 0.461 e. The number of nitrogens with zero attached hydrogens (tertiary/aromatic N) is 2. The Morgan fingerprint density at radius 3 is 2.67 bits per heavy atom. The van der Waals surface area contributed by atoms with E-state index in [9.17, 15) is 9.59 Å². The number of likely N-dealkylation sites (N-methyl/N-ethyl adjacent to an activating group) is 1. The summed E-state index contributed by atoms with van der Waals surface area (Å²) in [6.45, 7) is 4.01. The number of ether oxygens (including phenoxy) is 3. The minimum absolute atomic E-state index is 0.127. The Kier molecular flexibility index (Phi) is 7.13. The Morgan fingerprint density at radius 1 is 1.48 bits per heavy atom. The van der Waals surface area contributed by atoms with Crippen molar-refractivity contribution in [2.75, 3.05) is 25.6 Å². The maximum absolute atomic E-state index is 11.7. The SMILES string of the molecule is CCOC(=O)/C(CBr)=N/N(C)C1=C(Cl)C(=O)OC1OCC. The van der Waals surface area contributed by atoms with Crippen LogP contribution in [0.25, 0.3) is 0 Å². The molecule has 0 spiro atoms. The molecule has 1 unspecified atom stereocenters. The lowest BCUT2D eigenvalue weighted by molar-refractivity contribution is -0.160. The molecule has 7 nitrogen and oxygen atoms in total. The highest BCUT2D eigenvalue weighted by atomic mass is 79.9. The van der Waals surface area contributed by atoms with Crippen molar-refractivity contribution in [3.05, 3.63) is 10.7 Å². The first kappa shape index (κ1) is 17.9. The van der Waals surface area contributed by atoms with Crippen LogP contribution in [0, 0.1) is 0 Å². The fraction of sp³-hybridized carbons (Fsp3) is 0.583. The molecular weight excluding hydrogens is 367 g/mol. The highest BCUT2D eigenvalue weighted by Gasteiger charge is 2.36. The number of hydrogen-bond donors (Lipinski definition) is 0. The number of hydrazone groups is 1. The van der Waals surface area contributed by atoms with Gasteiger partial charge in [0.2, 0.25) is 6.29 Å². The van der Waals surface area contributed by atoms with Gasteiger partial charge < -0.3 is 14.2 Å². The monoisotopic (exact) mass is 382 g/mol. The first-order chi connectivity index (χ1) is 9.96. The van der Waals surface area contributed by atoms with Gasteiger partial charge in [0.05, 0.1) is 11.9 Å². The number of alkyl halides is 1. The Bertz CT molecular complexity index is 480. The lowest BCUT2D eigenvalue weighted by Crippen LogP contribution is -2.28. The molecule has 9 heteroatoms. The van der Waals surface area contributed by atoms with Crippen molar-refractivity contribution in [3.63, 3.8) is 0 Å². The number of esters is 2. The van der Waals surface area contributed by atoms with E-state index in [1.54, 1.807) is 13.8 Å². The van der Waals surface area contributed by atoms with Gasteiger partial charge in [0.15, 0.2) is 10.7 Å². The van der Waals surface area contributed by atoms with Gasteiger partial charge in [-0.1, -0.05) is 27.5 Å². The quantitative estimate of drug-likeness (QED) is 0.288. The van der Waals surface area contributed by atoms with Crippen LogP contribution in [0.3, 0.4) is 0 Å². The average Bonchev–Trinajstić information content (AvgIpc) is 2.71. The van der Waals surface area contributed by atoms with E-state index in [2.05, 4.69) is 21.0 Å². The Hall–Kier alpha value is -1.12. The predicted molar refractivity (Wildman–Crippen MR) is 80.0 cm³/mol. The van der Waals surface area contributed by atoms with Crippen molar-refractivity contribution in [1.29, 1.82) is 0 Å². The lowest BCUT2D eigenvalue weighted by atomic mass is 10.4. The molecule has 0 aromatic heterocycles. The zero-order valence-electron chi connectivity index (χ0n) is 11.9. The van der Waals surface area contributed by atoms with Gasteiger partial charge in [-0.25, -0.2) is 9.59 Å². The van der Waals surface area contributed by atoms with Crippen LogP contribution in [-0.2, 0) is 23.8 Å². The first-order valence-electron chi connectivity index (χ1n) is 6.22. The van der Waals surface area contributed by atoms with E-state index >= 15 is 0 Å². The highest BCUT2D eigenvalue weighted by Crippen LogP contribution is 2.28. The molecule has 1 atom stereocenters. The second kappa shape index (κ2) is 8.35. The normalized spacial score (nSPS) is 18.8. The number of carbonyl (C=O) groups is 2. The topological polar surface area (TPSA) is 77.4 Å². The molecule has 118 valence electrons. The molecule has 0 bridgehead atoms. The highest BCUT2D eigenvalue weighted by molar-refractivity contribution is 9.09.